The molecule has 2 amide bonds. The van der Waals surface area contributed by atoms with Crippen LogP contribution in [-0.4, -0.2) is 16.9 Å². The molecule has 2 aliphatic carbocycles. The van der Waals surface area contributed by atoms with Crippen LogP contribution < -0.4 is 4.90 Å². The van der Waals surface area contributed by atoms with Crippen LogP contribution in [0.3, 0.4) is 0 Å². The molecule has 0 aromatic heterocycles. The van der Waals surface area contributed by atoms with Crippen molar-refractivity contribution in [3.05, 3.63) is 84.9 Å². The van der Waals surface area contributed by atoms with E-state index in [1.807, 2.05) is 60.7 Å². The molecule has 1 aliphatic heterocycles. The van der Waals surface area contributed by atoms with E-state index in [2.05, 4.69) is 12.2 Å². The zero-order chi connectivity index (χ0) is 21.1. The van der Waals surface area contributed by atoms with E-state index in [-0.39, 0.29) is 41.2 Å². The summed E-state index contributed by atoms with van der Waals surface area (Å²) in [5.41, 5.74) is 3.41. The van der Waals surface area contributed by atoms with Crippen molar-refractivity contribution in [1.82, 2.24) is 0 Å². The predicted molar refractivity (Wildman–Crippen MR) is 119 cm³/mol. The highest BCUT2D eigenvalue weighted by Crippen LogP contribution is 2.54. The van der Waals surface area contributed by atoms with Gasteiger partial charge in [-0.3, -0.25) is 9.59 Å². The van der Waals surface area contributed by atoms with Crippen LogP contribution in [0.4, 0.5) is 5.69 Å². The third-order valence-electron chi connectivity index (χ3n) is 6.99. The number of hydrogen-bond acceptors (Lipinski definition) is 3. The minimum atomic E-state index is -0.253. The van der Waals surface area contributed by atoms with Gasteiger partial charge in [0.25, 0.3) is 0 Å². The Labute approximate surface area is 180 Å². The standard InChI is InChI=1S/C27H21NO3/c29-25-21(16-7-3-1-4-8-16)14-20(15-22(25)17-9-5-2-6-10-17)28-26(30)23-18-11-12-19(13-18)24(23)27(28)31/h1-12,14-15,18-19,23-24,29H,13H2. The van der Waals surface area contributed by atoms with E-state index < -0.39 is 0 Å². The third-order valence-corrected chi connectivity index (χ3v) is 6.99. The van der Waals surface area contributed by atoms with Gasteiger partial charge in [0.05, 0.1) is 17.5 Å². The summed E-state index contributed by atoms with van der Waals surface area (Å²) in [4.78, 5) is 28.1. The van der Waals surface area contributed by atoms with Crippen molar-refractivity contribution in [2.24, 2.45) is 23.7 Å². The van der Waals surface area contributed by atoms with Crippen LogP contribution in [-0.2, 0) is 9.59 Å². The molecule has 152 valence electrons. The molecule has 2 bridgehead atoms. The van der Waals surface area contributed by atoms with Crippen molar-refractivity contribution < 1.29 is 14.7 Å². The summed E-state index contributed by atoms with van der Waals surface area (Å²) >= 11 is 0. The third kappa shape index (κ3) is 2.61. The van der Waals surface area contributed by atoms with E-state index in [4.69, 9.17) is 0 Å². The van der Waals surface area contributed by atoms with Crippen LogP contribution >= 0.6 is 0 Å². The van der Waals surface area contributed by atoms with Crippen molar-refractivity contribution >= 4 is 17.5 Å². The van der Waals surface area contributed by atoms with E-state index in [1.165, 1.54) is 4.90 Å². The normalized spacial score (nSPS) is 26.0. The fourth-order valence-electron chi connectivity index (χ4n) is 5.58. The molecule has 1 heterocycles. The predicted octanol–water partition coefficient (Wildman–Crippen LogP) is 5.04. The number of imide groups is 1. The highest BCUT2D eigenvalue weighted by atomic mass is 16.3. The largest absolute Gasteiger partial charge is 0.507 e. The van der Waals surface area contributed by atoms with Gasteiger partial charge in [0.2, 0.25) is 11.8 Å². The number of carbonyl (C=O) groups is 2. The Morgan fingerprint density at radius 3 is 1.61 bits per heavy atom. The lowest BCUT2D eigenvalue weighted by molar-refractivity contribution is -0.123. The molecule has 2 fully saturated rings. The number of aromatic hydroxyl groups is 1. The zero-order valence-corrected chi connectivity index (χ0v) is 16.8. The molecule has 31 heavy (non-hydrogen) atoms. The molecule has 4 atom stereocenters. The number of phenolic OH excluding ortho intramolecular Hbond substituents is 1. The summed E-state index contributed by atoms with van der Waals surface area (Å²) in [6, 6.07) is 22.7. The molecule has 1 saturated carbocycles. The molecule has 0 radical (unpaired) electrons. The Morgan fingerprint density at radius 2 is 1.16 bits per heavy atom. The summed E-state index contributed by atoms with van der Waals surface area (Å²) in [7, 11) is 0. The first kappa shape index (κ1) is 18.1. The number of hydrogen-bond donors (Lipinski definition) is 1. The molecular formula is C27H21NO3. The van der Waals surface area contributed by atoms with Gasteiger partial charge in [0.15, 0.2) is 0 Å². The molecule has 4 unspecified atom stereocenters. The van der Waals surface area contributed by atoms with E-state index in [0.29, 0.717) is 16.8 Å². The minimum Gasteiger partial charge on any atom is -0.507 e. The molecule has 6 rings (SSSR count). The van der Waals surface area contributed by atoms with Gasteiger partial charge in [0.1, 0.15) is 5.75 Å². The molecule has 0 spiro atoms. The molecule has 1 saturated heterocycles. The molecule has 3 aliphatic rings. The second-order valence-electron chi connectivity index (χ2n) is 8.63. The Balaban J connectivity index is 1.53. The van der Waals surface area contributed by atoms with Gasteiger partial charge >= 0.3 is 0 Å². The Bertz CT molecular complexity index is 1140. The van der Waals surface area contributed by atoms with Gasteiger partial charge in [-0.1, -0.05) is 72.8 Å². The number of benzene rings is 3. The van der Waals surface area contributed by atoms with Gasteiger partial charge in [-0.15, -0.1) is 0 Å². The van der Waals surface area contributed by atoms with Crippen LogP contribution in [0.15, 0.2) is 84.9 Å². The number of nitrogens with zero attached hydrogens (tertiary/aromatic N) is 1. The summed E-state index contributed by atoms with van der Waals surface area (Å²) in [6.07, 6.45) is 5.10. The fraction of sp³-hybridized carbons (Fsp3) is 0.185. The average molecular weight is 407 g/mol. The number of amides is 2. The molecular weight excluding hydrogens is 386 g/mol. The Morgan fingerprint density at radius 1 is 0.710 bits per heavy atom. The van der Waals surface area contributed by atoms with Crippen molar-refractivity contribution in [1.29, 1.82) is 0 Å². The average Bonchev–Trinajstić information content (AvgIpc) is 3.49. The SMILES string of the molecule is O=C1C2C3C=CC(C3)C2C(=O)N1c1cc(-c2ccccc2)c(O)c(-c2ccccc2)c1. The highest BCUT2D eigenvalue weighted by Gasteiger charge is 2.59. The minimum absolute atomic E-state index is 0.115. The molecule has 1 N–H and O–H groups in total. The second-order valence-corrected chi connectivity index (χ2v) is 8.63. The first-order valence-electron chi connectivity index (χ1n) is 10.7. The number of anilines is 1. The topological polar surface area (TPSA) is 57.6 Å². The fourth-order valence-corrected chi connectivity index (χ4v) is 5.58. The van der Waals surface area contributed by atoms with E-state index >= 15 is 0 Å². The van der Waals surface area contributed by atoms with Crippen LogP contribution in [0.2, 0.25) is 0 Å². The van der Waals surface area contributed by atoms with Gasteiger partial charge in [-0.2, -0.15) is 0 Å². The van der Waals surface area contributed by atoms with Crippen molar-refractivity contribution in [3.63, 3.8) is 0 Å². The Kier molecular flexibility index (Phi) is 3.90. The highest BCUT2D eigenvalue weighted by molar-refractivity contribution is 6.23. The maximum absolute atomic E-state index is 13.4. The maximum atomic E-state index is 13.4. The number of phenols is 1. The number of rotatable bonds is 3. The molecule has 4 nitrogen and oxygen atoms in total. The second kappa shape index (κ2) is 6.67. The zero-order valence-electron chi connectivity index (χ0n) is 16.8. The quantitative estimate of drug-likeness (QED) is 0.489. The molecule has 3 aromatic rings. The van der Waals surface area contributed by atoms with E-state index in [0.717, 1.165) is 17.5 Å². The summed E-state index contributed by atoms with van der Waals surface area (Å²) in [6.45, 7) is 0. The van der Waals surface area contributed by atoms with Crippen LogP contribution in [0.1, 0.15) is 6.42 Å². The van der Waals surface area contributed by atoms with Crippen molar-refractivity contribution in [2.75, 3.05) is 4.90 Å². The van der Waals surface area contributed by atoms with Gasteiger partial charge in [0, 0.05) is 11.1 Å². The van der Waals surface area contributed by atoms with E-state index in [1.54, 1.807) is 12.1 Å². The maximum Gasteiger partial charge on any atom is 0.238 e. The molecule has 3 aromatic carbocycles. The van der Waals surface area contributed by atoms with E-state index in [9.17, 15) is 14.7 Å². The summed E-state index contributed by atoms with van der Waals surface area (Å²) in [5, 5.41) is 11.2. The van der Waals surface area contributed by atoms with Crippen LogP contribution in [0.25, 0.3) is 22.3 Å². The summed E-state index contributed by atoms with van der Waals surface area (Å²) < 4.78 is 0. The smallest absolute Gasteiger partial charge is 0.238 e. The summed E-state index contributed by atoms with van der Waals surface area (Å²) in [5.74, 6) is -0.270. The lowest BCUT2D eigenvalue weighted by Crippen LogP contribution is -2.32. The molecule has 4 heteroatoms. The number of allylic oxidation sites excluding steroid dienone is 2. The van der Waals surface area contributed by atoms with Crippen molar-refractivity contribution in [3.8, 4) is 28.0 Å². The van der Waals surface area contributed by atoms with Crippen molar-refractivity contribution in [2.45, 2.75) is 6.42 Å². The van der Waals surface area contributed by atoms with Crippen LogP contribution in [0, 0.1) is 23.7 Å². The monoisotopic (exact) mass is 407 g/mol. The first-order chi connectivity index (χ1) is 15.1. The lowest BCUT2D eigenvalue weighted by Gasteiger charge is -2.21. The van der Waals surface area contributed by atoms with Gasteiger partial charge in [-0.05, 0) is 41.5 Å². The number of fused-ring (bicyclic) bond motifs is 5. The first-order valence-corrected chi connectivity index (χ1v) is 10.7. The van der Waals surface area contributed by atoms with Gasteiger partial charge < -0.3 is 5.11 Å². The lowest BCUT2D eigenvalue weighted by atomic mass is 9.85. The van der Waals surface area contributed by atoms with Gasteiger partial charge in [-0.25, -0.2) is 4.90 Å². The van der Waals surface area contributed by atoms with Crippen LogP contribution in [0.5, 0.6) is 5.75 Å². The Hall–Kier alpha value is -3.66. The number of carbonyl (C=O) groups excluding carboxylic acids is 2.